The second-order valence-electron chi connectivity index (χ2n) is 7.77. The molecule has 25 heavy (non-hydrogen) atoms. The molecule has 0 aliphatic carbocycles. The van der Waals surface area contributed by atoms with Crippen molar-refractivity contribution in [2.45, 2.75) is 45.4 Å². The predicted molar refractivity (Wildman–Crippen MR) is 100 cm³/mol. The Morgan fingerprint density at radius 1 is 1.36 bits per heavy atom. The molecule has 5 heteroatoms. The summed E-state index contributed by atoms with van der Waals surface area (Å²) >= 11 is 0. The normalized spacial score (nSPS) is 17.2. The third-order valence-electron chi connectivity index (χ3n) is 5.73. The summed E-state index contributed by atoms with van der Waals surface area (Å²) in [6.07, 6.45) is 2.70. The zero-order valence-corrected chi connectivity index (χ0v) is 16.0. The lowest BCUT2D eigenvalue weighted by molar-refractivity contribution is 0.0518. The minimum absolute atomic E-state index is 0.00333. The summed E-state index contributed by atoms with van der Waals surface area (Å²) in [5.74, 6) is 0.827. The molecule has 1 aliphatic heterocycles. The van der Waals surface area contributed by atoms with E-state index in [2.05, 4.69) is 32.2 Å². The minimum Gasteiger partial charge on any atom is -0.497 e. The molecule has 0 saturated carbocycles. The van der Waals surface area contributed by atoms with Gasteiger partial charge in [-0.15, -0.1) is 0 Å². The highest BCUT2D eigenvalue weighted by Gasteiger charge is 2.34. The molecule has 0 radical (unpaired) electrons. The van der Waals surface area contributed by atoms with E-state index in [4.69, 9.17) is 4.74 Å². The predicted octanol–water partition coefficient (Wildman–Crippen LogP) is 3.17. The Labute approximate surface area is 151 Å². The highest BCUT2D eigenvalue weighted by atomic mass is 16.5. The van der Waals surface area contributed by atoms with Crippen LogP contribution in [-0.4, -0.2) is 49.4 Å². The van der Waals surface area contributed by atoms with Crippen molar-refractivity contribution in [1.82, 2.24) is 10.2 Å². The van der Waals surface area contributed by atoms with E-state index in [1.54, 1.807) is 7.11 Å². The van der Waals surface area contributed by atoms with Gasteiger partial charge in [0, 0.05) is 31.7 Å². The van der Waals surface area contributed by atoms with Gasteiger partial charge in [-0.1, -0.05) is 32.9 Å². The number of benzene rings is 1. The average Bonchev–Trinajstić information content (AvgIpc) is 2.66. The summed E-state index contributed by atoms with van der Waals surface area (Å²) in [4.78, 5) is 14.4. The first-order valence-electron chi connectivity index (χ1n) is 9.14. The van der Waals surface area contributed by atoms with Crippen molar-refractivity contribution < 1.29 is 14.6 Å². The smallest absolute Gasteiger partial charge is 0.317 e. The molecule has 140 valence electrons. The first kappa shape index (κ1) is 19.6. The van der Waals surface area contributed by atoms with Crippen LogP contribution in [0.5, 0.6) is 5.75 Å². The summed E-state index contributed by atoms with van der Waals surface area (Å²) in [5.41, 5.74) is 0.950. The number of nitrogens with zero attached hydrogens (tertiary/aromatic N) is 1. The molecule has 1 saturated heterocycles. The molecule has 0 unspecified atom stereocenters. The average molecular weight is 348 g/mol. The van der Waals surface area contributed by atoms with Crippen LogP contribution in [0.4, 0.5) is 4.79 Å². The number of urea groups is 1. The molecule has 1 aromatic rings. The number of nitrogens with one attached hydrogen (secondary N) is 1. The van der Waals surface area contributed by atoms with Crippen LogP contribution in [0.2, 0.25) is 0 Å². The number of hydrogen-bond donors (Lipinski definition) is 2. The number of hydrogen-bond acceptors (Lipinski definition) is 3. The van der Waals surface area contributed by atoms with Crippen molar-refractivity contribution in [2.24, 2.45) is 5.41 Å². The quantitative estimate of drug-likeness (QED) is 0.830. The fraction of sp³-hybridized carbons (Fsp3) is 0.650. The van der Waals surface area contributed by atoms with Crippen LogP contribution >= 0.6 is 0 Å². The molecular formula is C20H32N2O3. The van der Waals surface area contributed by atoms with E-state index >= 15 is 0 Å². The molecule has 0 bridgehead atoms. The molecule has 1 aromatic carbocycles. The number of likely N-dealkylation sites (tertiary alicyclic amines) is 1. The maximum atomic E-state index is 12.5. The van der Waals surface area contributed by atoms with Crippen molar-refractivity contribution in [3.05, 3.63) is 29.8 Å². The topological polar surface area (TPSA) is 61.8 Å². The number of piperidine rings is 1. The van der Waals surface area contributed by atoms with E-state index in [0.29, 0.717) is 19.6 Å². The molecule has 2 rings (SSSR count). The van der Waals surface area contributed by atoms with Crippen molar-refractivity contribution in [1.29, 1.82) is 0 Å². The van der Waals surface area contributed by atoms with Crippen LogP contribution in [-0.2, 0) is 5.41 Å². The van der Waals surface area contributed by atoms with Gasteiger partial charge in [-0.3, -0.25) is 0 Å². The third-order valence-corrected chi connectivity index (χ3v) is 5.73. The zero-order chi connectivity index (χ0) is 18.5. The molecule has 0 spiro atoms. The van der Waals surface area contributed by atoms with E-state index in [9.17, 15) is 9.90 Å². The van der Waals surface area contributed by atoms with Crippen LogP contribution < -0.4 is 10.1 Å². The summed E-state index contributed by atoms with van der Waals surface area (Å²) in [6.45, 7) is 8.54. The highest BCUT2D eigenvalue weighted by molar-refractivity contribution is 5.74. The van der Waals surface area contributed by atoms with Crippen molar-refractivity contribution in [2.75, 3.05) is 33.4 Å². The second kappa shape index (κ2) is 8.09. The lowest BCUT2D eigenvalue weighted by atomic mass is 9.77. The number of aliphatic hydroxyl groups excluding tert-OH is 1. The Bertz CT molecular complexity index is 572. The maximum Gasteiger partial charge on any atom is 0.317 e. The summed E-state index contributed by atoms with van der Waals surface area (Å²) in [6, 6.07) is 7.96. The molecule has 5 nitrogen and oxygen atoms in total. The summed E-state index contributed by atoms with van der Waals surface area (Å²) < 4.78 is 5.30. The van der Waals surface area contributed by atoms with Gasteiger partial charge in [-0.05, 0) is 42.4 Å². The lowest BCUT2D eigenvalue weighted by Crippen LogP contribution is -2.50. The van der Waals surface area contributed by atoms with Crippen LogP contribution in [0.25, 0.3) is 0 Å². The zero-order valence-electron chi connectivity index (χ0n) is 16.0. The number of aliphatic hydroxyl groups is 1. The van der Waals surface area contributed by atoms with Gasteiger partial charge in [-0.2, -0.15) is 0 Å². The van der Waals surface area contributed by atoms with Crippen LogP contribution in [0, 0.1) is 5.41 Å². The van der Waals surface area contributed by atoms with E-state index < -0.39 is 0 Å². The first-order valence-corrected chi connectivity index (χ1v) is 9.14. The van der Waals surface area contributed by atoms with E-state index in [1.165, 1.54) is 0 Å². The largest absolute Gasteiger partial charge is 0.497 e. The maximum absolute atomic E-state index is 12.5. The standard InChI is InChI=1S/C20H32N2O3/c1-5-20(15-23)9-11-22(12-10-20)18(24)21-14-19(2,3)16-7-6-8-17(13-16)25-4/h6-8,13,23H,5,9-12,14-15H2,1-4H3,(H,21,24). The Morgan fingerprint density at radius 2 is 2.04 bits per heavy atom. The van der Waals surface area contributed by atoms with Gasteiger partial charge in [0.25, 0.3) is 0 Å². The van der Waals surface area contributed by atoms with Gasteiger partial charge >= 0.3 is 6.03 Å². The van der Waals surface area contributed by atoms with Crippen molar-refractivity contribution in [3.63, 3.8) is 0 Å². The van der Waals surface area contributed by atoms with Gasteiger partial charge in [0.15, 0.2) is 0 Å². The van der Waals surface area contributed by atoms with E-state index in [1.807, 2.05) is 23.1 Å². The Hall–Kier alpha value is -1.75. The number of ether oxygens (including phenoxy) is 1. The number of carbonyl (C=O) groups is 1. The molecule has 2 amide bonds. The van der Waals surface area contributed by atoms with Gasteiger partial charge < -0.3 is 20.1 Å². The molecule has 0 aromatic heterocycles. The number of carbonyl (C=O) groups excluding carboxylic acids is 1. The molecule has 0 atom stereocenters. The summed E-state index contributed by atoms with van der Waals surface area (Å²) in [7, 11) is 1.66. The van der Waals surface area contributed by atoms with Gasteiger partial charge in [0.2, 0.25) is 0 Å². The van der Waals surface area contributed by atoms with Gasteiger partial charge in [0.05, 0.1) is 7.11 Å². The minimum atomic E-state index is -0.182. The van der Waals surface area contributed by atoms with Gasteiger partial charge in [-0.25, -0.2) is 4.79 Å². The van der Waals surface area contributed by atoms with Crippen LogP contribution in [0.3, 0.4) is 0 Å². The molecule has 1 aliphatic rings. The third kappa shape index (κ3) is 4.66. The monoisotopic (exact) mass is 348 g/mol. The lowest BCUT2D eigenvalue weighted by Gasteiger charge is -2.40. The number of methoxy groups -OCH3 is 1. The van der Waals surface area contributed by atoms with E-state index in [0.717, 1.165) is 30.6 Å². The SMILES string of the molecule is CCC1(CO)CCN(C(=O)NCC(C)(C)c2cccc(OC)c2)CC1. The molecular weight excluding hydrogens is 316 g/mol. The fourth-order valence-corrected chi connectivity index (χ4v) is 3.36. The van der Waals surface area contributed by atoms with Gasteiger partial charge in [0.1, 0.15) is 5.75 Å². The fourth-order valence-electron chi connectivity index (χ4n) is 3.36. The number of rotatable bonds is 6. The van der Waals surface area contributed by atoms with Crippen molar-refractivity contribution in [3.8, 4) is 5.75 Å². The van der Waals surface area contributed by atoms with Crippen LogP contribution in [0.15, 0.2) is 24.3 Å². The second-order valence-corrected chi connectivity index (χ2v) is 7.77. The van der Waals surface area contributed by atoms with Crippen molar-refractivity contribution >= 4 is 6.03 Å². The van der Waals surface area contributed by atoms with E-state index in [-0.39, 0.29) is 23.5 Å². The Kier molecular flexibility index (Phi) is 6.33. The molecule has 1 fully saturated rings. The molecule has 2 N–H and O–H groups in total. The molecule has 1 heterocycles. The Morgan fingerprint density at radius 3 is 2.60 bits per heavy atom. The first-order chi connectivity index (χ1) is 11.9. The van der Waals surface area contributed by atoms with Crippen LogP contribution in [0.1, 0.15) is 45.6 Å². The number of amides is 2. The summed E-state index contributed by atoms with van der Waals surface area (Å²) in [5, 5.41) is 12.7. The highest BCUT2D eigenvalue weighted by Crippen LogP contribution is 2.34. The Balaban J connectivity index is 1.91.